The Hall–Kier alpha value is -1.68. The summed E-state index contributed by atoms with van der Waals surface area (Å²) in [5.74, 6) is 0. The van der Waals surface area contributed by atoms with Gasteiger partial charge in [0, 0.05) is 6.54 Å². The molecule has 0 radical (unpaired) electrons. The Morgan fingerprint density at radius 3 is 1.61 bits per heavy atom. The molecule has 0 aromatic heterocycles. The van der Waals surface area contributed by atoms with Gasteiger partial charge in [-0.3, -0.25) is 0 Å². The lowest BCUT2D eigenvalue weighted by Crippen LogP contribution is -2.52. The Morgan fingerprint density at radius 2 is 1.28 bits per heavy atom. The van der Waals surface area contributed by atoms with Crippen LogP contribution in [0, 0.1) is 0 Å². The SMILES string of the molecule is NCC(O)C(N)(c1ccccc1)c1ccccc1. The summed E-state index contributed by atoms with van der Waals surface area (Å²) in [6, 6.07) is 19.1. The van der Waals surface area contributed by atoms with E-state index in [0.29, 0.717) is 0 Å². The Morgan fingerprint density at radius 1 is 0.889 bits per heavy atom. The van der Waals surface area contributed by atoms with Crippen LogP contribution in [0.4, 0.5) is 0 Å². The van der Waals surface area contributed by atoms with Crippen LogP contribution in [-0.4, -0.2) is 17.8 Å². The average molecular weight is 242 g/mol. The highest BCUT2D eigenvalue weighted by Crippen LogP contribution is 2.30. The third-order valence-corrected chi connectivity index (χ3v) is 3.25. The molecule has 0 saturated heterocycles. The Labute approximate surface area is 107 Å². The van der Waals surface area contributed by atoms with Crippen LogP contribution >= 0.6 is 0 Å². The highest BCUT2D eigenvalue weighted by Gasteiger charge is 2.36. The van der Waals surface area contributed by atoms with Crippen molar-refractivity contribution in [2.75, 3.05) is 6.54 Å². The largest absolute Gasteiger partial charge is 0.389 e. The zero-order valence-corrected chi connectivity index (χ0v) is 10.2. The lowest BCUT2D eigenvalue weighted by Gasteiger charge is -2.35. The molecule has 0 heterocycles. The van der Waals surface area contributed by atoms with Gasteiger partial charge in [0.25, 0.3) is 0 Å². The van der Waals surface area contributed by atoms with E-state index in [4.69, 9.17) is 11.5 Å². The fourth-order valence-corrected chi connectivity index (χ4v) is 2.17. The van der Waals surface area contributed by atoms with Crippen molar-refractivity contribution in [1.82, 2.24) is 0 Å². The van der Waals surface area contributed by atoms with Gasteiger partial charge >= 0.3 is 0 Å². The van der Waals surface area contributed by atoms with Crippen LogP contribution in [0.2, 0.25) is 0 Å². The van der Waals surface area contributed by atoms with Gasteiger partial charge in [0.2, 0.25) is 0 Å². The first kappa shape index (κ1) is 12.8. The molecule has 1 unspecified atom stereocenters. The predicted molar refractivity (Wildman–Crippen MR) is 72.9 cm³/mol. The van der Waals surface area contributed by atoms with Gasteiger partial charge < -0.3 is 16.6 Å². The van der Waals surface area contributed by atoms with Crippen molar-refractivity contribution >= 4 is 0 Å². The lowest BCUT2D eigenvalue weighted by atomic mass is 9.79. The molecule has 0 aliphatic carbocycles. The van der Waals surface area contributed by atoms with Crippen LogP contribution in [0.15, 0.2) is 60.7 Å². The number of nitrogens with two attached hydrogens (primary N) is 2. The molecule has 2 rings (SSSR count). The number of hydrogen-bond acceptors (Lipinski definition) is 3. The van der Waals surface area contributed by atoms with Gasteiger partial charge in [-0.1, -0.05) is 60.7 Å². The molecule has 2 aromatic rings. The van der Waals surface area contributed by atoms with Crippen LogP contribution in [-0.2, 0) is 5.54 Å². The molecule has 94 valence electrons. The van der Waals surface area contributed by atoms with E-state index < -0.39 is 11.6 Å². The first-order valence-electron chi connectivity index (χ1n) is 5.97. The minimum Gasteiger partial charge on any atom is -0.389 e. The summed E-state index contributed by atoms with van der Waals surface area (Å²) in [4.78, 5) is 0. The van der Waals surface area contributed by atoms with E-state index in [9.17, 15) is 5.11 Å². The van der Waals surface area contributed by atoms with Crippen LogP contribution in [0.25, 0.3) is 0 Å². The van der Waals surface area contributed by atoms with Crippen molar-refractivity contribution in [3.63, 3.8) is 0 Å². The number of aliphatic hydroxyl groups is 1. The van der Waals surface area contributed by atoms with E-state index >= 15 is 0 Å². The summed E-state index contributed by atoms with van der Waals surface area (Å²) in [7, 11) is 0. The number of hydrogen-bond donors (Lipinski definition) is 3. The smallest absolute Gasteiger partial charge is 0.0941 e. The van der Waals surface area contributed by atoms with E-state index in [1.54, 1.807) is 0 Å². The highest BCUT2D eigenvalue weighted by atomic mass is 16.3. The van der Waals surface area contributed by atoms with Gasteiger partial charge in [0.15, 0.2) is 0 Å². The molecule has 0 bridgehead atoms. The number of aliphatic hydroxyl groups excluding tert-OH is 1. The van der Waals surface area contributed by atoms with Crippen LogP contribution in [0.3, 0.4) is 0 Å². The fourth-order valence-electron chi connectivity index (χ4n) is 2.17. The van der Waals surface area contributed by atoms with Crippen LogP contribution in [0.1, 0.15) is 11.1 Å². The molecule has 3 nitrogen and oxygen atoms in total. The lowest BCUT2D eigenvalue weighted by molar-refractivity contribution is 0.112. The molecule has 2 aromatic carbocycles. The first-order valence-corrected chi connectivity index (χ1v) is 5.97. The van der Waals surface area contributed by atoms with Gasteiger partial charge in [0.1, 0.15) is 0 Å². The second kappa shape index (κ2) is 5.31. The molecule has 3 heteroatoms. The van der Waals surface area contributed by atoms with Crippen LogP contribution in [0.5, 0.6) is 0 Å². The van der Waals surface area contributed by atoms with E-state index in [1.165, 1.54) is 0 Å². The normalized spacial score (nSPS) is 13.3. The van der Waals surface area contributed by atoms with Gasteiger partial charge in [-0.25, -0.2) is 0 Å². The summed E-state index contributed by atoms with van der Waals surface area (Å²) in [6.45, 7) is 0.111. The standard InChI is InChI=1S/C15H18N2O/c16-11-14(18)15(17,12-7-3-1-4-8-12)13-9-5-2-6-10-13/h1-10,14,18H,11,16-17H2. The maximum absolute atomic E-state index is 10.2. The second-order valence-corrected chi connectivity index (χ2v) is 4.35. The molecular weight excluding hydrogens is 224 g/mol. The van der Waals surface area contributed by atoms with Gasteiger partial charge in [-0.2, -0.15) is 0 Å². The van der Waals surface area contributed by atoms with E-state index in [2.05, 4.69) is 0 Å². The maximum atomic E-state index is 10.2. The molecule has 0 spiro atoms. The highest BCUT2D eigenvalue weighted by molar-refractivity contribution is 5.39. The maximum Gasteiger partial charge on any atom is 0.0941 e. The molecule has 0 amide bonds. The summed E-state index contributed by atoms with van der Waals surface area (Å²) < 4.78 is 0. The quantitative estimate of drug-likeness (QED) is 0.754. The van der Waals surface area contributed by atoms with E-state index in [-0.39, 0.29) is 6.54 Å². The molecule has 0 aliphatic rings. The summed E-state index contributed by atoms with van der Waals surface area (Å²) in [6.07, 6.45) is -0.831. The van der Waals surface area contributed by atoms with Crippen molar-refractivity contribution in [3.8, 4) is 0 Å². The van der Waals surface area contributed by atoms with E-state index in [1.807, 2.05) is 60.7 Å². The average Bonchev–Trinajstić information content (AvgIpc) is 2.47. The first-order chi connectivity index (χ1) is 8.69. The molecule has 1 atom stereocenters. The molecule has 0 saturated carbocycles. The minimum atomic E-state index is -0.975. The monoisotopic (exact) mass is 242 g/mol. The molecule has 0 fully saturated rings. The zero-order valence-electron chi connectivity index (χ0n) is 10.2. The van der Waals surface area contributed by atoms with Crippen molar-refractivity contribution in [1.29, 1.82) is 0 Å². The second-order valence-electron chi connectivity index (χ2n) is 4.35. The fraction of sp³-hybridized carbons (Fsp3) is 0.200. The zero-order chi connectivity index (χ0) is 13.0. The van der Waals surface area contributed by atoms with E-state index in [0.717, 1.165) is 11.1 Å². The third-order valence-electron chi connectivity index (χ3n) is 3.25. The minimum absolute atomic E-state index is 0.111. The van der Waals surface area contributed by atoms with Crippen molar-refractivity contribution in [2.45, 2.75) is 11.6 Å². The predicted octanol–water partition coefficient (Wildman–Crippen LogP) is 1.21. The van der Waals surface area contributed by atoms with Crippen molar-refractivity contribution in [3.05, 3.63) is 71.8 Å². The third kappa shape index (κ3) is 2.16. The van der Waals surface area contributed by atoms with Crippen molar-refractivity contribution in [2.24, 2.45) is 11.5 Å². The topological polar surface area (TPSA) is 72.3 Å². The van der Waals surface area contributed by atoms with Gasteiger partial charge in [0.05, 0.1) is 11.6 Å². The van der Waals surface area contributed by atoms with Crippen molar-refractivity contribution < 1.29 is 5.11 Å². The Kier molecular flexibility index (Phi) is 3.77. The molecular formula is C15H18N2O. The van der Waals surface area contributed by atoms with Gasteiger partial charge in [-0.15, -0.1) is 0 Å². The number of benzene rings is 2. The summed E-state index contributed by atoms with van der Waals surface area (Å²) >= 11 is 0. The Balaban J connectivity index is 2.55. The summed E-state index contributed by atoms with van der Waals surface area (Å²) in [5.41, 5.74) is 12.8. The summed E-state index contributed by atoms with van der Waals surface area (Å²) in [5, 5.41) is 10.2. The molecule has 0 aliphatic heterocycles. The van der Waals surface area contributed by atoms with Gasteiger partial charge in [-0.05, 0) is 11.1 Å². The Bertz CT molecular complexity index is 445. The molecule has 5 N–H and O–H groups in total. The van der Waals surface area contributed by atoms with Crippen LogP contribution < -0.4 is 11.5 Å². The molecule has 18 heavy (non-hydrogen) atoms. The number of rotatable bonds is 4.